The Morgan fingerprint density at radius 1 is 1.33 bits per heavy atom. The molecule has 1 aromatic carbocycles. The van der Waals surface area contributed by atoms with Crippen molar-refractivity contribution < 1.29 is 9.90 Å². The quantitative estimate of drug-likeness (QED) is 0.884. The van der Waals surface area contributed by atoms with Gasteiger partial charge in [0.25, 0.3) is 5.91 Å². The number of hydrogen-bond acceptors (Lipinski definition) is 4. The van der Waals surface area contributed by atoms with E-state index in [-0.39, 0.29) is 12.0 Å². The van der Waals surface area contributed by atoms with E-state index in [2.05, 4.69) is 15.1 Å². The maximum atomic E-state index is 12.6. The van der Waals surface area contributed by atoms with Gasteiger partial charge >= 0.3 is 0 Å². The molecule has 1 saturated heterocycles. The van der Waals surface area contributed by atoms with Crippen LogP contribution in [0.2, 0.25) is 5.02 Å². The second kappa shape index (κ2) is 7.34. The van der Waals surface area contributed by atoms with Crippen molar-refractivity contribution in [3.8, 4) is 11.3 Å². The number of halogens is 1. The van der Waals surface area contributed by atoms with E-state index in [9.17, 15) is 9.90 Å². The van der Waals surface area contributed by atoms with Gasteiger partial charge < -0.3 is 10.0 Å². The van der Waals surface area contributed by atoms with Gasteiger partial charge in [-0.3, -0.25) is 14.8 Å². The molecule has 1 aliphatic rings. The topological polar surface area (TPSA) is 72.5 Å². The van der Waals surface area contributed by atoms with E-state index < -0.39 is 0 Å². The average Bonchev–Trinajstić information content (AvgIpc) is 3.04. The van der Waals surface area contributed by atoms with E-state index in [0.717, 1.165) is 18.7 Å². The largest absolute Gasteiger partial charge is 0.392 e. The van der Waals surface area contributed by atoms with Gasteiger partial charge in [0, 0.05) is 43.3 Å². The number of nitrogens with zero attached hydrogens (tertiary/aromatic N) is 3. The lowest BCUT2D eigenvalue weighted by Crippen LogP contribution is -2.50. The van der Waals surface area contributed by atoms with Gasteiger partial charge in [-0.1, -0.05) is 23.7 Å². The Morgan fingerprint density at radius 2 is 2.08 bits per heavy atom. The molecule has 3 rings (SSSR count). The first-order chi connectivity index (χ1) is 11.5. The predicted molar refractivity (Wildman–Crippen MR) is 93.1 cm³/mol. The van der Waals surface area contributed by atoms with E-state index in [4.69, 9.17) is 11.6 Å². The third kappa shape index (κ3) is 3.95. The van der Waals surface area contributed by atoms with E-state index in [0.29, 0.717) is 36.0 Å². The molecule has 128 valence electrons. The van der Waals surface area contributed by atoms with Crippen molar-refractivity contribution in [2.45, 2.75) is 13.0 Å². The zero-order valence-electron chi connectivity index (χ0n) is 13.6. The molecule has 1 amide bonds. The van der Waals surface area contributed by atoms with E-state index in [1.807, 2.05) is 23.1 Å². The number of piperazine rings is 1. The molecule has 24 heavy (non-hydrogen) atoms. The lowest BCUT2D eigenvalue weighted by molar-refractivity contribution is 0.0549. The highest BCUT2D eigenvalue weighted by atomic mass is 35.5. The molecule has 0 spiro atoms. The fourth-order valence-electron chi connectivity index (χ4n) is 2.90. The highest BCUT2D eigenvalue weighted by Gasteiger charge is 2.24. The number of aromatic nitrogens is 2. The van der Waals surface area contributed by atoms with Crippen molar-refractivity contribution in [3.63, 3.8) is 0 Å². The summed E-state index contributed by atoms with van der Waals surface area (Å²) < 4.78 is 0. The van der Waals surface area contributed by atoms with E-state index in [1.54, 1.807) is 19.1 Å². The molecule has 1 fully saturated rings. The van der Waals surface area contributed by atoms with Crippen molar-refractivity contribution in [2.75, 3.05) is 32.7 Å². The minimum absolute atomic E-state index is 0.0486. The molecule has 0 bridgehead atoms. The molecule has 0 saturated carbocycles. The summed E-state index contributed by atoms with van der Waals surface area (Å²) in [6.07, 6.45) is -0.347. The van der Waals surface area contributed by atoms with Crippen molar-refractivity contribution in [2.24, 2.45) is 0 Å². The summed E-state index contributed by atoms with van der Waals surface area (Å²) in [6, 6.07) is 9.15. The monoisotopic (exact) mass is 348 g/mol. The smallest absolute Gasteiger partial charge is 0.271 e. The number of aliphatic hydroxyl groups is 1. The van der Waals surface area contributed by atoms with E-state index >= 15 is 0 Å². The van der Waals surface area contributed by atoms with Crippen molar-refractivity contribution in [1.29, 1.82) is 0 Å². The van der Waals surface area contributed by atoms with Crippen LogP contribution in [0.1, 0.15) is 17.4 Å². The van der Waals surface area contributed by atoms with Crippen LogP contribution >= 0.6 is 11.6 Å². The zero-order chi connectivity index (χ0) is 17.1. The number of aromatic amines is 1. The first-order valence-corrected chi connectivity index (χ1v) is 8.42. The van der Waals surface area contributed by atoms with Gasteiger partial charge in [-0.15, -0.1) is 0 Å². The number of β-amino-alcohol motifs (C(OH)–C–C–N with tert-alkyl or cyclic N) is 1. The standard InChI is InChI=1S/C17H21ClN4O2/c1-12(23)11-21-5-7-22(8-6-21)17(24)16-10-15(19-20-16)13-3-2-4-14(18)9-13/h2-4,9-10,12,23H,5-8,11H2,1H3,(H,19,20). The molecule has 2 heterocycles. The normalized spacial score (nSPS) is 17.0. The minimum atomic E-state index is -0.347. The van der Waals surface area contributed by atoms with Crippen LogP contribution in [0.25, 0.3) is 11.3 Å². The van der Waals surface area contributed by atoms with E-state index in [1.165, 1.54) is 0 Å². The lowest BCUT2D eigenvalue weighted by atomic mass is 10.1. The van der Waals surface area contributed by atoms with Gasteiger partial charge in [-0.25, -0.2) is 0 Å². The summed E-state index contributed by atoms with van der Waals surface area (Å²) in [4.78, 5) is 16.6. The summed E-state index contributed by atoms with van der Waals surface area (Å²) in [6.45, 7) is 5.26. The molecule has 2 N–H and O–H groups in total. The first-order valence-electron chi connectivity index (χ1n) is 8.04. The van der Waals surface area contributed by atoms with Gasteiger partial charge in [-0.2, -0.15) is 5.10 Å². The fraction of sp³-hybridized carbons (Fsp3) is 0.412. The summed E-state index contributed by atoms with van der Waals surface area (Å²) in [5.41, 5.74) is 2.06. The molecule has 1 aromatic heterocycles. The number of carbonyl (C=O) groups excluding carboxylic acids is 1. The molecule has 7 heteroatoms. The summed E-state index contributed by atoms with van der Waals surface area (Å²) in [5.74, 6) is -0.0486. The Kier molecular flexibility index (Phi) is 5.18. The van der Waals surface area contributed by atoms with Crippen LogP contribution in [0.15, 0.2) is 30.3 Å². The number of aliphatic hydroxyl groups excluding tert-OH is 1. The molecule has 1 unspecified atom stereocenters. The second-order valence-electron chi connectivity index (χ2n) is 6.12. The Balaban J connectivity index is 1.64. The van der Waals surface area contributed by atoms with Crippen molar-refractivity contribution >= 4 is 17.5 Å². The number of H-pyrrole nitrogens is 1. The molecular formula is C17H21ClN4O2. The van der Waals surface area contributed by atoms with Crippen LogP contribution in [0.5, 0.6) is 0 Å². The molecule has 1 aliphatic heterocycles. The fourth-order valence-corrected chi connectivity index (χ4v) is 3.09. The number of carbonyl (C=O) groups is 1. The first kappa shape index (κ1) is 17.0. The Labute approximate surface area is 146 Å². The molecule has 2 aromatic rings. The number of nitrogens with one attached hydrogen (secondary N) is 1. The van der Waals surface area contributed by atoms with Crippen molar-refractivity contribution in [3.05, 3.63) is 41.0 Å². The molecule has 1 atom stereocenters. The number of amides is 1. The molecule has 0 aliphatic carbocycles. The SMILES string of the molecule is CC(O)CN1CCN(C(=O)c2cc(-c3cccc(Cl)c3)n[nH]2)CC1. The van der Waals surface area contributed by atoms with Crippen LogP contribution < -0.4 is 0 Å². The van der Waals surface area contributed by atoms with Crippen molar-refractivity contribution in [1.82, 2.24) is 20.0 Å². The third-order valence-corrected chi connectivity index (χ3v) is 4.35. The molecule has 0 radical (unpaired) electrons. The summed E-state index contributed by atoms with van der Waals surface area (Å²) in [5, 5.41) is 17.1. The third-order valence-electron chi connectivity index (χ3n) is 4.11. The maximum Gasteiger partial charge on any atom is 0.271 e. The van der Waals surface area contributed by atoms with Crippen LogP contribution in [-0.2, 0) is 0 Å². The zero-order valence-corrected chi connectivity index (χ0v) is 14.3. The minimum Gasteiger partial charge on any atom is -0.392 e. The number of benzene rings is 1. The van der Waals surface area contributed by atoms with Gasteiger partial charge in [0.1, 0.15) is 5.69 Å². The second-order valence-corrected chi connectivity index (χ2v) is 6.56. The Hall–Kier alpha value is -1.89. The molecule has 6 nitrogen and oxygen atoms in total. The van der Waals surface area contributed by atoms with Crippen LogP contribution in [0.4, 0.5) is 0 Å². The van der Waals surface area contributed by atoms with Crippen LogP contribution in [0, 0.1) is 0 Å². The van der Waals surface area contributed by atoms with Gasteiger partial charge in [0.05, 0.1) is 11.8 Å². The molecular weight excluding hydrogens is 328 g/mol. The van der Waals surface area contributed by atoms with Gasteiger partial charge in [0.15, 0.2) is 0 Å². The summed E-state index contributed by atoms with van der Waals surface area (Å²) in [7, 11) is 0. The highest BCUT2D eigenvalue weighted by molar-refractivity contribution is 6.30. The van der Waals surface area contributed by atoms with Gasteiger partial charge in [-0.05, 0) is 25.1 Å². The predicted octanol–water partition coefficient (Wildman–Crippen LogP) is 1.87. The summed E-state index contributed by atoms with van der Waals surface area (Å²) >= 11 is 6.00. The van der Waals surface area contributed by atoms with Gasteiger partial charge in [0.2, 0.25) is 0 Å². The number of hydrogen-bond donors (Lipinski definition) is 2. The average molecular weight is 349 g/mol. The van der Waals surface area contributed by atoms with Crippen LogP contribution in [-0.4, -0.2) is 69.8 Å². The Bertz CT molecular complexity index is 708. The number of rotatable bonds is 4. The van der Waals surface area contributed by atoms with Crippen LogP contribution in [0.3, 0.4) is 0 Å². The Morgan fingerprint density at radius 3 is 2.75 bits per heavy atom. The highest BCUT2D eigenvalue weighted by Crippen LogP contribution is 2.22. The maximum absolute atomic E-state index is 12.6. The lowest BCUT2D eigenvalue weighted by Gasteiger charge is -2.34.